The van der Waals surface area contributed by atoms with E-state index in [2.05, 4.69) is 0 Å². The van der Waals surface area contributed by atoms with Crippen molar-refractivity contribution in [2.75, 3.05) is 19.8 Å². The Kier molecular flexibility index (Phi) is 6.60. The first-order valence-corrected chi connectivity index (χ1v) is 12.5. The monoisotopic (exact) mass is 494 g/mol. The zero-order chi connectivity index (χ0) is 25.8. The molecule has 0 bridgehead atoms. The number of cyclic esters (lactones) is 1. The third-order valence-electron chi connectivity index (χ3n) is 9.22. The van der Waals surface area contributed by atoms with E-state index in [-0.39, 0.29) is 32.0 Å². The van der Waals surface area contributed by atoms with Gasteiger partial charge in [0.1, 0.15) is 24.4 Å². The van der Waals surface area contributed by atoms with Gasteiger partial charge in [-0.3, -0.25) is 9.59 Å². The first-order valence-electron chi connectivity index (χ1n) is 12.5. The van der Waals surface area contributed by atoms with Gasteiger partial charge in [0.25, 0.3) is 0 Å². The van der Waals surface area contributed by atoms with E-state index in [0.29, 0.717) is 25.0 Å². The molecule has 1 spiro atoms. The molecule has 7 atom stereocenters. The molecule has 0 aromatic heterocycles. The smallest absolute Gasteiger partial charge is 0.331 e. The van der Waals surface area contributed by atoms with Crippen molar-refractivity contribution in [2.24, 2.45) is 22.7 Å². The number of aliphatic hydroxyl groups is 2. The highest BCUT2D eigenvalue weighted by molar-refractivity contribution is 5.85. The second-order valence-electron chi connectivity index (χ2n) is 11.5. The van der Waals surface area contributed by atoms with Crippen LogP contribution in [0.1, 0.15) is 66.7 Å². The van der Waals surface area contributed by atoms with Crippen molar-refractivity contribution in [3.8, 4) is 0 Å². The lowest BCUT2D eigenvalue weighted by Gasteiger charge is -2.66. The molecule has 3 fully saturated rings. The SMILES string of the molecule is CC(=O)OC(CC1=CC(=O)OC1)C1(C)C2CCCC3(CO3)C2(CO)C(OC(=O)C(C)C)CC1(C)O. The number of carbonyl (C=O) groups is 3. The Morgan fingerprint density at radius 2 is 1.97 bits per heavy atom. The lowest BCUT2D eigenvalue weighted by Crippen LogP contribution is -2.74. The summed E-state index contributed by atoms with van der Waals surface area (Å²) >= 11 is 0. The summed E-state index contributed by atoms with van der Waals surface area (Å²) < 4.78 is 23.0. The van der Waals surface area contributed by atoms with E-state index in [4.69, 9.17) is 18.9 Å². The van der Waals surface area contributed by atoms with Crippen molar-refractivity contribution in [1.82, 2.24) is 0 Å². The number of esters is 3. The van der Waals surface area contributed by atoms with Gasteiger partial charge in [-0.2, -0.15) is 0 Å². The number of fused-ring (bicyclic) bond motifs is 2. The standard InChI is InChI=1S/C26H38O9/c1-15(2)22(30)35-20-11-23(4,31)24(5,18-7-6-8-25(14-33-25)26(18,20)13-27)19(34-16(3)28)9-17-10-21(29)32-12-17/h10,15,18-20,27,31H,6-9,11-14H2,1-5H3. The van der Waals surface area contributed by atoms with Gasteiger partial charge in [-0.1, -0.05) is 27.2 Å². The van der Waals surface area contributed by atoms with E-state index in [1.807, 2.05) is 6.92 Å². The van der Waals surface area contributed by atoms with Gasteiger partial charge in [0.2, 0.25) is 0 Å². The molecule has 0 aromatic carbocycles. The first kappa shape index (κ1) is 26.1. The van der Waals surface area contributed by atoms with E-state index in [9.17, 15) is 24.6 Å². The molecule has 0 radical (unpaired) electrons. The van der Waals surface area contributed by atoms with Gasteiger partial charge in [0, 0.05) is 31.3 Å². The molecule has 2 N–H and O–H groups in total. The van der Waals surface area contributed by atoms with Crippen molar-refractivity contribution in [3.63, 3.8) is 0 Å². The number of epoxide rings is 1. The summed E-state index contributed by atoms with van der Waals surface area (Å²) in [6.07, 6.45) is 2.21. The van der Waals surface area contributed by atoms with Crippen molar-refractivity contribution >= 4 is 17.9 Å². The van der Waals surface area contributed by atoms with Crippen molar-refractivity contribution in [3.05, 3.63) is 11.6 Å². The molecule has 2 heterocycles. The minimum Gasteiger partial charge on any atom is -0.462 e. The number of aliphatic hydroxyl groups excluding tert-OH is 1. The summed E-state index contributed by atoms with van der Waals surface area (Å²) in [5.41, 5.74) is -3.45. The van der Waals surface area contributed by atoms with Crippen LogP contribution >= 0.6 is 0 Å². The normalized spacial score (nSPS) is 41.1. The van der Waals surface area contributed by atoms with Gasteiger partial charge >= 0.3 is 17.9 Å². The average molecular weight is 495 g/mol. The van der Waals surface area contributed by atoms with E-state index >= 15 is 0 Å². The van der Waals surface area contributed by atoms with Crippen LogP contribution in [0, 0.1) is 22.7 Å². The molecule has 0 aromatic rings. The molecule has 2 saturated carbocycles. The molecule has 9 heteroatoms. The molecule has 196 valence electrons. The van der Waals surface area contributed by atoms with Crippen LogP contribution in [-0.4, -0.2) is 71.4 Å². The largest absolute Gasteiger partial charge is 0.462 e. The molecular formula is C26H38O9. The van der Waals surface area contributed by atoms with Gasteiger partial charge in [0.05, 0.1) is 30.1 Å². The van der Waals surface area contributed by atoms with Crippen molar-refractivity contribution in [1.29, 1.82) is 0 Å². The molecule has 2 aliphatic heterocycles. The lowest BCUT2D eigenvalue weighted by atomic mass is 9.41. The Hall–Kier alpha value is -1.97. The number of rotatable bonds is 7. The fraction of sp³-hybridized carbons (Fsp3) is 0.808. The van der Waals surface area contributed by atoms with Crippen LogP contribution in [0.4, 0.5) is 0 Å². The Morgan fingerprint density at radius 1 is 1.29 bits per heavy atom. The zero-order valence-corrected chi connectivity index (χ0v) is 21.3. The fourth-order valence-corrected chi connectivity index (χ4v) is 7.09. The van der Waals surface area contributed by atoms with Crippen molar-refractivity contribution in [2.45, 2.75) is 90.1 Å². The Labute approximate surface area is 206 Å². The molecule has 35 heavy (non-hydrogen) atoms. The van der Waals surface area contributed by atoms with Gasteiger partial charge < -0.3 is 29.2 Å². The van der Waals surface area contributed by atoms with E-state index in [1.54, 1.807) is 20.8 Å². The molecule has 4 aliphatic rings. The highest BCUT2D eigenvalue weighted by atomic mass is 16.6. The molecule has 0 amide bonds. The van der Waals surface area contributed by atoms with Gasteiger partial charge in [-0.15, -0.1) is 0 Å². The van der Waals surface area contributed by atoms with Crippen LogP contribution in [0.5, 0.6) is 0 Å². The summed E-state index contributed by atoms with van der Waals surface area (Å²) in [5, 5.41) is 23.1. The summed E-state index contributed by atoms with van der Waals surface area (Å²) in [4.78, 5) is 36.7. The van der Waals surface area contributed by atoms with Crippen LogP contribution in [-0.2, 0) is 33.3 Å². The van der Waals surface area contributed by atoms with Gasteiger partial charge in [-0.05, 0) is 31.3 Å². The second-order valence-corrected chi connectivity index (χ2v) is 11.5. The summed E-state index contributed by atoms with van der Waals surface area (Å²) in [5.74, 6) is -2.12. The fourth-order valence-electron chi connectivity index (χ4n) is 7.09. The summed E-state index contributed by atoms with van der Waals surface area (Å²) in [7, 11) is 0. The predicted molar refractivity (Wildman–Crippen MR) is 123 cm³/mol. The number of hydrogen-bond donors (Lipinski definition) is 2. The van der Waals surface area contributed by atoms with Gasteiger partial charge in [-0.25, -0.2) is 4.79 Å². The minimum atomic E-state index is -1.43. The van der Waals surface area contributed by atoms with E-state index < -0.39 is 58.1 Å². The van der Waals surface area contributed by atoms with E-state index in [0.717, 1.165) is 6.42 Å². The van der Waals surface area contributed by atoms with Crippen molar-refractivity contribution < 1.29 is 43.5 Å². The predicted octanol–water partition coefficient (Wildman–Crippen LogP) is 2.07. The Morgan fingerprint density at radius 3 is 2.49 bits per heavy atom. The summed E-state index contributed by atoms with van der Waals surface area (Å²) in [6, 6.07) is 0. The topological polar surface area (TPSA) is 132 Å². The maximum Gasteiger partial charge on any atom is 0.331 e. The third-order valence-corrected chi connectivity index (χ3v) is 9.22. The van der Waals surface area contributed by atoms with Crippen LogP contribution in [0.3, 0.4) is 0 Å². The van der Waals surface area contributed by atoms with Gasteiger partial charge in [0.15, 0.2) is 0 Å². The van der Waals surface area contributed by atoms with Crippen LogP contribution < -0.4 is 0 Å². The number of ether oxygens (including phenoxy) is 4. The average Bonchev–Trinajstić information content (AvgIpc) is 3.43. The number of carbonyl (C=O) groups excluding carboxylic acids is 3. The molecule has 4 rings (SSSR count). The van der Waals surface area contributed by atoms with Crippen LogP contribution in [0.2, 0.25) is 0 Å². The highest BCUT2D eigenvalue weighted by Gasteiger charge is 2.78. The lowest BCUT2D eigenvalue weighted by molar-refractivity contribution is -0.287. The Balaban J connectivity index is 1.83. The highest BCUT2D eigenvalue weighted by Crippen LogP contribution is 2.70. The van der Waals surface area contributed by atoms with Crippen LogP contribution in [0.15, 0.2) is 11.6 Å². The molecular weight excluding hydrogens is 456 g/mol. The quantitative estimate of drug-likeness (QED) is 0.310. The molecule has 7 unspecified atom stereocenters. The maximum absolute atomic E-state index is 12.7. The second kappa shape index (κ2) is 8.85. The van der Waals surface area contributed by atoms with Crippen LogP contribution in [0.25, 0.3) is 0 Å². The third kappa shape index (κ3) is 4.00. The molecule has 2 aliphatic carbocycles. The molecule has 1 saturated heterocycles. The summed E-state index contributed by atoms with van der Waals surface area (Å²) in [6.45, 7) is 8.62. The minimum absolute atomic E-state index is 0.0520. The zero-order valence-electron chi connectivity index (χ0n) is 21.3. The first-order chi connectivity index (χ1) is 16.3. The van der Waals surface area contributed by atoms with E-state index in [1.165, 1.54) is 13.0 Å². The Bertz CT molecular complexity index is 918. The number of hydrogen-bond acceptors (Lipinski definition) is 9. The maximum atomic E-state index is 12.7. The molecule has 9 nitrogen and oxygen atoms in total.